The van der Waals surface area contributed by atoms with Gasteiger partial charge in [0.15, 0.2) is 0 Å². The zero-order chi connectivity index (χ0) is 8.27. The van der Waals surface area contributed by atoms with Crippen LogP contribution in [0.3, 0.4) is 0 Å². The zero-order valence-corrected chi connectivity index (χ0v) is 7.45. The molecule has 60 valence electrons. The van der Waals surface area contributed by atoms with Gasteiger partial charge in [-0.15, -0.1) is 17.9 Å². The Bertz CT molecular complexity index is 246. The molecule has 1 atom stereocenters. The molecule has 0 radical (unpaired) electrons. The second-order valence-corrected chi connectivity index (χ2v) is 3.77. The van der Waals surface area contributed by atoms with Gasteiger partial charge < -0.3 is 0 Å². The highest BCUT2D eigenvalue weighted by molar-refractivity contribution is 7.16. The summed E-state index contributed by atoms with van der Waals surface area (Å²) < 4.78 is 0.766. The van der Waals surface area contributed by atoms with Crippen molar-refractivity contribution in [3.8, 4) is 0 Å². The molecule has 0 aliphatic heterocycles. The van der Waals surface area contributed by atoms with E-state index in [1.54, 1.807) is 6.08 Å². The largest absolute Gasteiger partial charge is 0.271 e. The third-order valence-electron chi connectivity index (χ3n) is 1.32. The third-order valence-corrected chi connectivity index (χ3v) is 2.63. The van der Waals surface area contributed by atoms with E-state index in [1.807, 2.05) is 12.1 Å². The van der Waals surface area contributed by atoms with E-state index in [4.69, 9.17) is 17.4 Å². The normalized spacial score (nSPS) is 12.9. The molecule has 0 saturated heterocycles. The first-order valence-electron chi connectivity index (χ1n) is 3.12. The zero-order valence-electron chi connectivity index (χ0n) is 5.88. The number of nitrogens with one attached hydrogen (secondary N) is 1. The second-order valence-electron chi connectivity index (χ2n) is 2.02. The summed E-state index contributed by atoms with van der Waals surface area (Å²) in [6.45, 7) is 3.64. The van der Waals surface area contributed by atoms with Crippen LogP contribution in [0.4, 0.5) is 0 Å². The molecule has 1 aromatic rings. The molecule has 0 aromatic carbocycles. The lowest BCUT2D eigenvalue weighted by Crippen LogP contribution is -2.25. The van der Waals surface area contributed by atoms with Gasteiger partial charge in [0.25, 0.3) is 0 Å². The molecule has 0 aliphatic carbocycles. The van der Waals surface area contributed by atoms with Crippen LogP contribution in [0.5, 0.6) is 0 Å². The van der Waals surface area contributed by atoms with Crippen molar-refractivity contribution in [1.29, 1.82) is 0 Å². The molecule has 0 fully saturated rings. The van der Waals surface area contributed by atoms with Crippen molar-refractivity contribution in [1.82, 2.24) is 5.43 Å². The number of halogens is 1. The summed E-state index contributed by atoms with van der Waals surface area (Å²) in [5.41, 5.74) is 2.62. The summed E-state index contributed by atoms with van der Waals surface area (Å²) in [7, 11) is 0. The number of hydrogen-bond donors (Lipinski definition) is 2. The Balaban J connectivity index is 2.81. The maximum atomic E-state index is 5.73. The van der Waals surface area contributed by atoms with Crippen LogP contribution in [-0.2, 0) is 0 Å². The minimum Gasteiger partial charge on any atom is -0.271 e. The van der Waals surface area contributed by atoms with Crippen LogP contribution < -0.4 is 11.3 Å². The van der Waals surface area contributed by atoms with E-state index in [1.165, 1.54) is 11.3 Å². The van der Waals surface area contributed by atoms with E-state index in [-0.39, 0.29) is 6.04 Å². The molecular formula is C7H9ClN2S. The Morgan fingerprint density at radius 1 is 1.73 bits per heavy atom. The van der Waals surface area contributed by atoms with Crippen LogP contribution in [0.25, 0.3) is 0 Å². The van der Waals surface area contributed by atoms with E-state index in [0.29, 0.717) is 0 Å². The molecular weight excluding hydrogens is 180 g/mol. The standard InChI is InChI=1S/C7H9ClN2S/c1-2-5(10-9)6-3-4-7(8)11-6/h2-5,10H,1,9H2. The van der Waals surface area contributed by atoms with Crippen LogP contribution in [0, 0.1) is 0 Å². The van der Waals surface area contributed by atoms with E-state index in [9.17, 15) is 0 Å². The minimum absolute atomic E-state index is 0.00694. The average Bonchev–Trinajstić information content (AvgIpc) is 2.39. The molecule has 3 N–H and O–H groups in total. The van der Waals surface area contributed by atoms with E-state index in [0.717, 1.165) is 9.21 Å². The van der Waals surface area contributed by atoms with E-state index in [2.05, 4.69) is 12.0 Å². The highest BCUT2D eigenvalue weighted by Crippen LogP contribution is 2.26. The number of thiophene rings is 1. The lowest BCUT2D eigenvalue weighted by Gasteiger charge is -2.06. The Hall–Kier alpha value is -0.350. The number of hydrazine groups is 1. The monoisotopic (exact) mass is 188 g/mol. The molecule has 0 spiro atoms. The van der Waals surface area contributed by atoms with Crippen LogP contribution in [-0.4, -0.2) is 0 Å². The van der Waals surface area contributed by atoms with Gasteiger partial charge in [0, 0.05) is 4.88 Å². The highest BCUT2D eigenvalue weighted by Gasteiger charge is 2.06. The first-order valence-corrected chi connectivity index (χ1v) is 4.31. The van der Waals surface area contributed by atoms with Gasteiger partial charge in [-0.25, -0.2) is 5.43 Å². The summed E-state index contributed by atoms with van der Waals surface area (Å²) in [4.78, 5) is 1.08. The summed E-state index contributed by atoms with van der Waals surface area (Å²) in [6, 6.07) is 3.78. The quantitative estimate of drug-likeness (QED) is 0.433. The van der Waals surface area contributed by atoms with Gasteiger partial charge in [-0.05, 0) is 12.1 Å². The molecule has 0 aliphatic rings. The second kappa shape index (κ2) is 3.88. The van der Waals surface area contributed by atoms with E-state index >= 15 is 0 Å². The van der Waals surface area contributed by atoms with Gasteiger partial charge in [-0.2, -0.15) is 0 Å². The average molecular weight is 189 g/mol. The summed E-state index contributed by atoms with van der Waals surface area (Å²) in [6.07, 6.45) is 1.74. The first kappa shape index (κ1) is 8.74. The number of rotatable bonds is 3. The summed E-state index contributed by atoms with van der Waals surface area (Å²) in [5.74, 6) is 5.27. The summed E-state index contributed by atoms with van der Waals surface area (Å²) >= 11 is 7.23. The fraction of sp³-hybridized carbons (Fsp3) is 0.143. The first-order chi connectivity index (χ1) is 5.27. The van der Waals surface area contributed by atoms with Crippen molar-refractivity contribution in [2.24, 2.45) is 5.84 Å². The topological polar surface area (TPSA) is 38.0 Å². The molecule has 2 nitrogen and oxygen atoms in total. The molecule has 1 rings (SSSR count). The molecule has 1 heterocycles. The Labute approximate surface area is 74.6 Å². The predicted octanol–water partition coefficient (Wildman–Crippen LogP) is 2.09. The number of hydrogen-bond acceptors (Lipinski definition) is 3. The van der Waals surface area contributed by atoms with Crippen molar-refractivity contribution in [3.63, 3.8) is 0 Å². The Kier molecular flexibility index (Phi) is 3.08. The van der Waals surface area contributed by atoms with Crippen molar-refractivity contribution in [2.45, 2.75) is 6.04 Å². The maximum Gasteiger partial charge on any atom is 0.0931 e. The van der Waals surface area contributed by atoms with E-state index < -0.39 is 0 Å². The van der Waals surface area contributed by atoms with Crippen LogP contribution in [0.1, 0.15) is 10.9 Å². The van der Waals surface area contributed by atoms with Crippen molar-refractivity contribution in [2.75, 3.05) is 0 Å². The lowest BCUT2D eigenvalue weighted by atomic mass is 10.2. The van der Waals surface area contributed by atoms with Crippen LogP contribution >= 0.6 is 22.9 Å². The SMILES string of the molecule is C=CC(NN)c1ccc(Cl)s1. The fourth-order valence-corrected chi connectivity index (χ4v) is 1.88. The molecule has 0 saturated carbocycles. The van der Waals surface area contributed by atoms with Crippen LogP contribution in [0.15, 0.2) is 24.8 Å². The molecule has 0 amide bonds. The third kappa shape index (κ3) is 2.04. The summed E-state index contributed by atoms with van der Waals surface area (Å²) in [5, 5.41) is 0. The molecule has 1 aromatic heterocycles. The van der Waals surface area contributed by atoms with Gasteiger partial charge in [0.1, 0.15) is 0 Å². The lowest BCUT2D eigenvalue weighted by molar-refractivity contribution is 0.667. The number of nitrogens with two attached hydrogens (primary N) is 1. The minimum atomic E-state index is 0.00694. The van der Waals surface area contributed by atoms with Gasteiger partial charge in [-0.3, -0.25) is 5.84 Å². The molecule has 4 heteroatoms. The van der Waals surface area contributed by atoms with Gasteiger partial charge in [0.2, 0.25) is 0 Å². The maximum absolute atomic E-state index is 5.73. The Morgan fingerprint density at radius 3 is 2.82 bits per heavy atom. The Morgan fingerprint density at radius 2 is 2.45 bits per heavy atom. The molecule has 0 bridgehead atoms. The molecule has 1 unspecified atom stereocenters. The van der Waals surface area contributed by atoms with Crippen LogP contribution in [0.2, 0.25) is 4.34 Å². The smallest absolute Gasteiger partial charge is 0.0931 e. The van der Waals surface area contributed by atoms with Gasteiger partial charge in [0.05, 0.1) is 10.4 Å². The van der Waals surface area contributed by atoms with Gasteiger partial charge in [-0.1, -0.05) is 17.7 Å². The fourth-order valence-electron chi connectivity index (χ4n) is 0.762. The molecule has 11 heavy (non-hydrogen) atoms. The predicted molar refractivity (Wildman–Crippen MR) is 49.6 cm³/mol. The van der Waals surface area contributed by atoms with Crippen molar-refractivity contribution < 1.29 is 0 Å². The van der Waals surface area contributed by atoms with Crippen molar-refractivity contribution >= 4 is 22.9 Å². The highest BCUT2D eigenvalue weighted by atomic mass is 35.5. The van der Waals surface area contributed by atoms with Gasteiger partial charge >= 0.3 is 0 Å². The van der Waals surface area contributed by atoms with Crippen molar-refractivity contribution in [3.05, 3.63) is 34.0 Å².